The van der Waals surface area contributed by atoms with Crippen LogP contribution in [0, 0.1) is 0 Å². The van der Waals surface area contributed by atoms with Crippen LogP contribution in [0.15, 0.2) is 0 Å². The number of rotatable bonds is 2. The molecule has 2 heterocycles. The molecule has 0 spiro atoms. The maximum atomic E-state index is 10.8. The van der Waals surface area contributed by atoms with Crippen LogP contribution in [-0.2, 0) is 14.3 Å². The van der Waals surface area contributed by atoms with Crippen LogP contribution in [0.5, 0.6) is 0 Å². The minimum atomic E-state index is -2.37. The molecule has 0 radical (unpaired) electrons. The molecule has 7 heteroatoms. The Morgan fingerprint density at radius 2 is 2.15 bits per heavy atom. The van der Waals surface area contributed by atoms with Crippen LogP contribution in [0.1, 0.15) is 0 Å². The molecular weight excluding hydrogens is 184 g/mol. The summed E-state index contributed by atoms with van der Waals surface area (Å²) in [6.07, 6.45) is -2.93. The van der Waals surface area contributed by atoms with Crippen LogP contribution in [0.2, 0.25) is 0 Å². The van der Waals surface area contributed by atoms with Crippen LogP contribution in [0.25, 0.3) is 0 Å². The molecule has 4 atom stereocenters. The van der Waals surface area contributed by atoms with E-state index in [2.05, 4.69) is 9.47 Å². The minimum Gasteiger partial charge on any atom is -0.449 e. The van der Waals surface area contributed by atoms with Gasteiger partial charge in [0.25, 0.3) is 5.79 Å². The van der Waals surface area contributed by atoms with Gasteiger partial charge in [0.1, 0.15) is 6.10 Å². The van der Waals surface area contributed by atoms with E-state index in [1.54, 1.807) is 0 Å². The number of carbonyl (C=O) groups is 1. The number of cyclic esters (lactones) is 1. The lowest BCUT2D eigenvalue weighted by atomic mass is 10.1. The molecule has 7 nitrogen and oxygen atoms in total. The highest BCUT2D eigenvalue weighted by molar-refractivity contribution is 5.85. The molecule has 0 aromatic heterocycles. The Bertz CT molecular complexity index is 266. The van der Waals surface area contributed by atoms with Crippen molar-refractivity contribution in [2.24, 2.45) is 0 Å². The number of carbonyl (C=O) groups excluding carboxylic acids is 1. The number of epoxide rings is 1. The van der Waals surface area contributed by atoms with Gasteiger partial charge < -0.3 is 25.2 Å². The third kappa shape index (κ3) is 0.825. The first kappa shape index (κ1) is 8.85. The largest absolute Gasteiger partial charge is 0.449 e. The number of hydrogen-bond donors (Lipinski definition) is 4. The number of fused-ring (bicyclic) bond motifs is 1. The summed E-state index contributed by atoms with van der Waals surface area (Å²) in [4.78, 5) is 10.8. The average molecular weight is 192 g/mol. The van der Waals surface area contributed by atoms with Crippen LogP contribution >= 0.6 is 0 Å². The molecule has 74 valence electrons. The molecule has 0 aliphatic carbocycles. The molecule has 4 N–H and O–H groups in total. The molecule has 2 aliphatic heterocycles. The molecule has 3 unspecified atom stereocenters. The van der Waals surface area contributed by atoms with E-state index < -0.39 is 36.4 Å². The van der Waals surface area contributed by atoms with Crippen LogP contribution in [0.4, 0.5) is 0 Å². The Balaban J connectivity index is 2.22. The van der Waals surface area contributed by atoms with E-state index in [1.165, 1.54) is 0 Å². The lowest BCUT2D eigenvalue weighted by Crippen LogP contribution is -2.42. The maximum absolute atomic E-state index is 10.8. The predicted molar refractivity (Wildman–Crippen MR) is 34.0 cm³/mol. The molecule has 2 aliphatic rings. The summed E-state index contributed by atoms with van der Waals surface area (Å²) in [6, 6.07) is 0. The smallest absolute Gasteiger partial charge is 0.373 e. The van der Waals surface area contributed by atoms with Gasteiger partial charge in [-0.1, -0.05) is 0 Å². The highest BCUT2D eigenvalue weighted by Gasteiger charge is 2.86. The first-order valence-electron chi connectivity index (χ1n) is 3.60. The zero-order valence-corrected chi connectivity index (χ0v) is 6.38. The third-order valence-corrected chi connectivity index (χ3v) is 2.18. The van der Waals surface area contributed by atoms with E-state index >= 15 is 0 Å². The maximum Gasteiger partial charge on any atom is 0.373 e. The van der Waals surface area contributed by atoms with E-state index in [0.717, 1.165) is 0 Å². The van der Waals surface area contributed by atoms with Gasteiger partial charge in [0.05, 0.1) is 6.61 Å². The Morgan fingerprint density at radius 1 is 1.54 bits per heavy atom. The molecular formula is C6H8O7. The first-order chi connectivity index (χ1) is 5.95. The summed E-state index contributed by atoms with van der Waals surface area (Å²) < 4.78 is 8.75. The third-order valence-electron chi connectivity index (χ3n) is 2.18. The Labute approximate surface area is 72.1 Å². The fourth-order valence-electron chi connectivity index (χ4n) is 1.35. The standard InChI is InChI=1S/C6H8O7/c7-1-2(8)3-5(10)6(11,13-5)4(9)12-3/h2-3,7-8,10-11H,1H2/t2-,3?,5?,6?/m0/s1. The molecule has 2 rings (SSSR count). The fraction of sp³-hybridized carbons (Fsp3) is 0.833. The molecule has 0 saturated carbocycles. The van der Waals surface area contributed by atoms with Gasteiger partial charge >= 0.3 is 11.8 Å². The van der Waals surface area contributed by atoms with Crippen molar-refractivity contribution in [2.45, 2.75) is 23.8 Å². The Kier molecular flexibility index (Phi) is 1.49. The predicted octanol–water partition coefficient (Wildman–Crippen LogP) is -3.33. The number of aliphatic hydroxyl groups excluding tert-OH is 2. The van der Waals surface area contributed by atoms with Gasteiger partial charge in [0.2, 0.25) is 0 Å². The molecule has 13 heavy (non-hydrogen) atoms. The number of aliphatic hydroxyl groups is 4. The second kappa shape index (κ2) is 2.20. The second-order valence-corrected chi connectivity index (χ2v) is 3.02. The van der Waals surface area contributed by atoms with Crippen molar-refractivity contribution in [3.63, 3.8) is 0 Å². The molecule has 0 amide bonds. The van der Waals surface area contributed by atoms with Crippen molar-refractivity contribution in [3.8, 4) is 0 Å². The summed E-state index contributed by atoms with van der Waals surface area (Å²) >= 11 is 0. The lowest BCUT2D eigenvalue weighted by molar-refractivity contribution is -0.183. The van der Waals surface area contributed by atoms with Crippen LogP contribution in [0.3, 0.4) is 0 Å². The van der Waals surface area contributed by atoms with Crippen molar-refractivity contribution in [2.75, 3.05) is 6.61 Å². The SMILES string of the molecule is O=C1OC([C@@H](O)CO)C2(O)OC12O. The van der Waals surface area contributed by atoms with Gasteiger partial charge in [0, 0.05) is 0 Å². The van der Waals surface area contributed by atoms with Gasteiger partial charge in [-0.05, 0) is 0 Å². The molecule has 0 aromatic rings. The van der Waals surface area contributed by atoms with Gasteiger partial charge in [-0.15, -0.1) is 0 Å². The number of ether oxygens (including phenoxy) is 2. The molecule has 2 saturated heterocycles. The van der Waals surface area contributed by atoms with E-state index in [1.807, 2.05) is 0 Å². The zero-order chi connectivity index (χ0) is 9.85. The fourth-order valence-corrected chi connectivity index (χ4v) is 1.35. The average Bonchev–Trinajstić information content (AvgIpc) is 2.59. The second-order valence-electron chi connectivity index (χ2n) is 3.02. The van der Waals surface area contributed by atoms with E-state index in [9.17, 15) is 15.0 Å². The van der Waals surface area contributed by atoms with Gasteiger partial charge in [-0.3, -0.25) is 4.74 Å². The first-order valence-corrected chi connectivity index (χ1v) is 3.60. The van der Waals surface area contributed by atoms with Crippen molar-refractivity contribution < 1.29 is 34.7 Å². The normalized spacial score (nSPS) is 49.8. The molecule has 0 aromatic carbocycles. The van der Waals surface area contributed by atoms with Crippen LogP contribution in [-0.4, -0.2) is 56.8 Å². The number of hydrogen-bond acceptors (Lipinski definition) is 7. The summed E-state index contributed by atoms with van der Waals surface area (Å²) in [7, 11) is 0. The van der Waals surface area contributed by atoms with E-state index in [-0.39, 0.29) is 0 Å². The molecule has 0 bridgehead atoms. The molecule has 2 fully saturated rings. The quantitative estimate of drug-likeness (QED) is 0.267. The van der Waals surface area contributed by atoms with Crippen molar-refractivity contribution in [1.29, 1.82) is 0 Å². The Morgan fingerprint density at radius 3 is 2.46 bits per heavy atom. The monoisotopic (exact) mass is 192 g/mol. The summed E-state index contributed by atoms with van der Waals surface area (Å²) in [5.41, 5.74) is 0. The number of esters is 1. The van der Waals surface area contributed by atoms with E-state index in [4.69, 9.17) is 10.2 Å². The topological polar surface area (TPSA) is 120 Å². The van der Waals surface area contributed by atoms with Crippen LogP contribution < -0.4 is 0 Å². The van der Waals surface area contributed by atoms with Crippen molar-refractivity contribution in [3.05, 3.63) is 0 Å². The lowest BCUT2D eigenvalue weighted by Gasteiger charge is -2.18. The minimum absolute atomic E-state index is 0.709. The van der Waals surface area contributed by atoms with Crippen molar-refractivity contribution >= 4 is 5.97 Å². The van der Waals surface area contributed by atoms with Crippen molar-refractivity contribution in [1.82, 2.24) is 0 Å². The zero-order valence-electron chi connectivity index (χ0n) is 6.38. The van der Waals surface area contributed by atoms with Gasteiger partial charge in [-0.2, -0.15) is 0 Å². The summed E-state index contributed by atoms with van der Waals surface area (Å²) in [5, 5.41) is 36.1. The Hall–Kier alpha value is -0.730. The van der Waals surface area contributed by atoms with Gasteiger partial charge in [-0.25, -0.2) is 4.79 Å². The highest BCUT2D eigenvalue weighted by Crippen LogP contribution is 2.54. The van der Waals surface area contributed by atoms with Gasteiger partial charge in [0.15, 0.2) is 6.10 Å². The highest BCUT2D eigenvalue weighted by atomic mass is 16.9. The van der Waals surface area contributed by atoms with E-state index in [0.29, 0.717) is 0 Å². The summed E-state index contributed by atoms with van der Waals surface area (Å²) in [5.74, 6) is -5.74. The summed E-state index contributed by atoms with van der Waals surface area (Å²) in [6.45, 7) is -0.709.